The minimum atomic E-state index is -4.46. The molecule has 6 nitrogen and oxygen atoms in total. The number of ether oxygens (including phenoxy) is 1. The Bertz CT molecular complexity index is 1150. The van der Waals surface area contributed by atoms with Gasteiger partial charge in [0, 0.05) is 12.3 Å². The molecule has 9 heteroatoms. The first-order valence-corrected chi connectivity index (χ1v) is 8.27. The summed E-state index contributed by atoms with van der Waals surface area (Å²) < 4.78 is 46.0. The largest absolute Gasteiger partial charge is 0.480 e. The Morgan fingerprint density at radius 2 is 1.82 bits per heavy atom. The summed E-state index contributed by atoms with van der Waals surface area (Å²) in [7, 11) is 1.47. The average molecular weight is 385 g/mol. The highest BCUT2D eigenvalue weighted by Gasteiger charge is 2.31. The lowest BCUT2D eigenvalue weighted by Gasteiger charge is -2.09. The number of aromatic nitrogens is 5. The monoisotopic (exact) mass is 385 g/mol. The molecule has 0 aliphatic carbocycles. The van der Waals surface area contributed by atoms with Gasteiger partial charge in [-0.05, 0) is 48.9 Å². The number of imidazole rings is 1. The minimum absolute atomic E-state index is 0.186. The van der Waals surface area contributed by atoms with Gasteiger partial charge >= 0.3 is 6.18 Å². The summed E-state index contributed by atoms with van der Waals surface area (Å²) in [6, 6.07) is 10.3. The van der Waals surface area contributed by atoms with Crippen molar-refractivity contribution in [3.63, 3.8) is 0 Å². The summed E-state index contributed by atoms with van der Waals surface area (Å²) in [6.45, 7) is 1.90. The van der Waals surface area contributed by atoms with Crippen molar-refractivity contribution in [2.24, 2.45) is 0 Å². The first kappa shape index (κ1) is 17.9. The van der Waals surface area contributed by atoms with Gasteiger partial charge in [0.15, 0.2) is 11.6 Å². The highest BCUT2D eigenvalue weighted by molar-refractivity contribution is 5.83. The molecule has 0 saturated heterocycles. The van der Waals surface area contributed by atoms with Crippen LogP contribution in [0, 0.1) is 6.92 Å². The smallest absolute Gasteiger partial charge is 0.416 e. The fourth-order valence-corrected chi connectivity index (χ4v) is 2.86. The topological polar surface area (TPSA) is 65.7 Å². The van der Waals surface area contributed by atoms with E-state index >= 15 is 0 Å². The second-order valence-electron chi connectivity index (χ2n) is 6.12. The van der Waals surface area contributed by atoms with Gasteiger partial charge in [0.25, 0.3) is 0 Å². The van der Waals surface area contributed by atoms with E-state index in [4.69, 9.17) is 4.74 Å². The van der Waals surface area contributed by atoms with E-state index in [1.165, 1.54) is 13.2 Å². The molecule has 0 radical (unpaired) electrons. The number of aryl methyl sites for hydroxylation is 1. The molecule has 142 valence electrons. The Hall–Kier alpha value is -3.49. The van der Waals surface area contributed by atoms with Gasteiger partial charge in [0.2, 0.25) is 5.88 Å². The number of halogens is 3. The van der Waals surface area contributed by atoms with Crippen molar-refractivity contribution in [2.45, 2.75) is 13.1 Å². The second kappa shape index (κ2) is 6.59. The number of nitrogens with zero attached hydrogens (tertiary/aromatic N) is 5. The van der Waals surface area contributed by atoms with Gasteiger partial charge in [-0.25, -0.2) is 4.98 Å². The molecule has 0 aliphatic heterocycles. The molecule has 3 aromatic heterocycles. The maximum atomic E-state index is 13.1. The van der Waals surface area contributed by atoms with Crippen LogP contribution in [0.5, 0.6) is 5.88 Å². The van der Waals surface area contributed by atoms with Crippen molar-refractivity contribution in [3.8, 4) is 23.2 Å². The quantitative estimate of drug-likeness (QED) is 0.529. The van der Waals surface area contributed by atoms with E-state index in [9.17, 15) is 13.2 Å². The molecule has 1 aromatic carbocycles. The first-order chi connectivity index (χ1) is 13.4. The molecule has 0 atom stereocenters. The third-order valence-corrected chi connectivity index (χ3v) is 4.19. The molecule has 0 aliphatic rings. The number of benzene rings is 1. The third kappa shape index (κ3) is 3.15. The van der Waals surface area contributed by atoms with Crippen molar-refractivity contribution in [2.75, 3.05) is 7.11 Å². The van der Waals surface area contributed by atoms with Crippen molar-refractivity contribution in [1.29, 1.82) is 0 Å². The van der Waals surface area contributed by atoms with Crippen molar-refractivity contribution < 1.29 is 17.9 Å². The number of hydrogen-bond donors (Lipinski definition) is 0. The number of pyridine rings is 1. The van der Waals surface area contributed by atoms with E-state index < -0.39 is 11.7 Å². The van der Waals surface area contributed by atoms with Gasteiger partial charge in [-0.3, -0.25) is 9.55 Å². The Morgan fingerprint density at radius 1 is 1.00 bits per heavy atom. The molecule has 0 N–H and O–H groups in total. The molecule has 0 saturated carbocycles. The van der Waals surface area contributed by atoms with E-state index in [0.717, 1.165) is 17.7 Å². The van der Waals surface area contributed by atoms with Gasteiger partial charge < -0.3 is 4.74 Å². The summed E-state index contributed by atoms with van der Waals surface area (Å²) >= 11 is 0. The van der Waals surface area contributed by atoms with E-state index in [2.05, 4.69) is 20.2 Å². The standard InChI is InChI=1S/C19H14F3N5O/c1-11-7-8-23-14(9-11)18-24-13-10-12(19(20,21)22)3-4-15(13)27(18)16-5-6-17(28-2)26-25-16/h3-10H,1-2H3. The van der Waals surface area contributed by atoms with Crippen LogP contribution in [0.25, 0.3) is 28.4 Å². The molecule has 0 spiro atoms. The van der Waals surface area contributed by atoms with E-state index in [0.29, 0.717) is 28.7 Å². The zero-order valence-corrected chi connectivity index (χ0v) is 14.9. The van der Waals surface area contributed by atoms with Crippen LogP contribution in [0.1, 0.15) is 11.1 Å². The molecule has 28 heavy (non-hydrogen) atoms. The van der Waals surface area contributed by atoms with Crippen LogP contribution in [0.4, 0.5) is 13.2 Å². The molecule has 0 fully saturated rings. The summed E-state index contributed by atoms with van der Waals surface area (Å²) in [5.41, 5.74) is 1.34. The van der Waals surface area contributed by atoms with Crippen LogP contribution >= 0.6 is 0 Å². The van der Waals surface area contributed by atoms with Gasteiger partial charge in [-0.2, -0.15) is 13.2 Å². The van der Waals surface area contributed by atoms with Gasteiger partial charge in [-0.1, -0.05) is 0 Å². The van der Waals surface area contributed by atoms with E-state index in [1.807, 2.05) is 13.0 Å². The molecule has 0 unspecified atom stereocenters. The van der Waals surface area contributed by atoms with Crippen LogP contribution in [0.15, 0.2) is 48.7 Å². The second-order valence-corrected chi connectivity index (χ2v) is 6.12. The van der Waals surface area contributed by atoms with Crippen molar-refractivity contribution >= 4 is 11.0 Å². The lowest BCUT2D eigenvalue weighted by molar-refractivity contribution is -0.137. The molecule has 0 amide bonds. The van der Waals surface area contributed by atoms with E-state index in [1.54, 1.807) is 29.0 Å². The normalized spacial score (nSPS) is 11.8. The fourth-order valence-electron chi connectivity index (χ4n) is 2.86. The number of alkyl halides is 3. The van der Waals surface area contributed by atoms with Crippen molar-refractivity contribution in [1.82, 2.24) is 24.7 Å². The number of hydrogen-bond acceptors (Lipinski definition) is 5. The zero-order chi connectivity index (χ0) is 19.9. The predicted molar refractivity (Wildman–Crippen MR) is 96.2 cm³/mol. The van der Waals surface area contributed by atoms with Crippen molar-refractivity contribution in [3.05, 3.63) is 59.8 Å². The fraction of sp³-hybridized carbons (Fsp3) is 0.158. The Labute approximate surface area is 157 Å². The molecule has 3 heterocycles. The first-order valence-electron chi connectivity index (χ1n) is 8.27. The van der Waals surface area contributed by atoms with Crippen LogP contribution in [-0.4, -0.2) is 31.8 Å². The number of rotatable bonds is 3. The summed E-state index contributed by atoms with van der Waals surface area (Å²) in [5.74, 6) is 1.08. The van der Waals surface area contributed by atoms with Crippen LogP contribution in [0.3, 0.4) is 0 Å². The van der Waals surface area contributed by atoms with Crippen LogP contribution in [-0.2, 0) is 6.18 Å². The predicted octanol–water partition coefficient (Wildman–Crippen LogP) is 4.21. The molecule has 0 bridgehead atoms. The number of methoxy groups -OCH3 is 1. The van der Waals surface area contributed by atoms with Gasteiger partial charge in [0.1, 0.15) is 5.69 Å². The third-order valence-electron chi connectivity index (χ3n) is 4.19. The summed E-state index contributed by atoms with van der Waals surface area (Å²) in [4.78, 5) is 8.74. The Morgan fingerprint density at radius 3 is 2.46 bits per heavy atom. The maximum absolute atomic E-state index is 13.1. The highest BCUT2D eigenvalue weighted by atomic mass is 19.4. The summed E-state index contributed by atoms with van der Waals surface area (Å²) in [6.07, 6.45) is -2.84. The number of fused-ring (bicyclic) bond motifs is 1. The summed E-state index contributed by atoms with van der Waals surface area (Å²) in [5, 5.41) is 8.07. The Balaban J connectivity index is 1.99. The minimum Gasteiger partial charge on any atom is -0.480 e. The molecular formula is C19H14F3N5O. The molecule has 4 rings (SSSR count). The molecule has 4 aromatic rings. The maximum Gasteiger partial charge on any atom is 0.416 e. The van der Waals surface area contributed by atoms with Crippen LogP contribution < -0.4 is 4.74 Å². The SMILES string of the molecule is COc1ccc(-n2c(-c3cc(C)ccn3)nc3cc(C(F)(F)F)ccc32)nn1. The Kier molecular flexibility index (Phi) is 4.21. The average Bonchev–Trinajstić information content (AvgIpc) is 3.06. The highest BCUT2D eigenvalue weighted by Crippen LogP contribution is 2.33. The lowest BCUT2D eigenvalue weighted by Crippen LogP contribution is -2.05. The van der Waals surface area contributed by atoms with Gasteiger partial charge in [-0.15, -0.1) is 10.2 Å². The zero-order valence-electron chi connectivity index (χ0n) is 14.9. The van der Waals surface area contributed by atoms with E-state index in [-0.39, 0.29) is 5.52 Å². The van der Waals surface area contributed by atoms with Crippen LogP contribution in [0.2, 0.25) is 0 Å². The molecular weight excluding hydrogens is 371 g/mol. The van der Waals surface area contributed by atoms with Gasteiger partial charge in [0.05, 0.1) is 23.7 Å². The lowest BCUT2D eigenvalue weighted by atomic mass is 10.2.